The standard InChI is InChI=1S/C10H13ClOS/c1-2-13-10-4-3-8(5-6-12)7-9(10)11/h3-4,7,12H,2,5-6H2,1H3. The van der Waals surface area contributed by atoms with Crippen LogP contribution in [0, 0.1) is 0 Å². The highest BCUT2D eigenvalue weighted by atomic mass is 35.5. The Morgan fingerprint density at radius 1 is 1.46 bits per heavy atom. The van der Waals surface area contributed by atoms with Crippen molar-refractivity contribution >= 4 is 23.4 Å². The summed E-state index contributed by atoms with van der Waals surface area (Å²) in [6.07, 6.45) is 0.677. The Kier molecular flexibility index (Phi) is 4.64. The molecule has 0 spiro atoms. The lowest BCUT2D eigenvalue weighted by molar-refractivity contribution is 0.299. The lowest BCUT2D eigenvalue weighted by Gasteiger charge is -2.04. The molecular formula is C10H13ClOS. The summed E-state index contributed by atoms with van der Waals surface area (Å²) in [5.41, 5.74) is 1.09. The van der Waals surface area contributed by atoms with Gasteiger partial charge in [-0.15, -0.1) is 11.8 Å². The van der Waals surface area contributed by atoms with Gasteiger partial charge in [0.05, 0.1) is 5.02 Å². The fraction of sp³-hybridized carbons (Fsp3) is 0.400. The van der Waals surface area contributed by atoms with Gasteiger partial charge in [-0.25, -0.2) is 0 Å². The molecule has 0 aliphatic carbocycles. The predicted octanol–water partition coefficient (Wildman–Crippen LogP) is 2.99. The van der Waals surface area contributed by atoms with Crippen LogP contribution in [0.15, 0.2) is 23.1 Å². The smallest absolute Gasteiger partial charge is 0.0544 e. The van der Waals surface area contributed by atoms with E-state index in [9.17, 15) is 0 Å². The van der Waals surface area contributed by atoms with Gasteiger partial charge in [-0.3, -0.25) is 0 Å². The molecule has 0 atom stereocenters. The van der Waals surface area contributed by atoms with Crippen LogP contribution in [0.2, 0.25) is 5.02 Å². The van der Waals surface area contributed by atoms with E-state index in [0.717, 1.165) is 21.2 Å². The fourth-order valence-corrected chi connectivity index (χ4v) is 2.14. The highest BCUT2D eigenvalue weighted by Crippen LogP contribution is 2.27. The van der Waals surface area contributed by atoms with E-state index in [4.69, 9.17) is 16.7 Å². The van der Waals surface area contributed by atoms with Gasteiger partial charge in [0.15, 0.2) is 0 Å². The van der Waals surface area contributed by atoms with Gasteiger partial charge in [-0.1, -0.05) is 24.6 Å². The van der Waals surface area contributed by atoms with Gasteiger partial charge in [0.25, 0.3) is 0 Å². The summed E-state index contributed by atoms with van der Waals surface area (Å²) in [4.78, 5) is 1.12. The molecule has 0 saturated carbocycles. The maximum absolute atomic E-state index is 8.73. The Bertz CT molecular complexity index is 276. The molecule has 13 heavy (non-hydrogen) atoms. The number of rotatable bonds is 4. The number of benzene rings is 1. The average Bonchev–Trinajstić information content (AvgIpc) is 2.10. The van der Waals surface area contributed by atoms with E-state index in [1.54, 1.807) is 11.8 Å². The van der Waals surface area contributed by atoms with E-state index in [1.165, 1.54) is 0 Å². The van der Waals surface area contributed by atoms with Gasteiger partial charge in [0.1, 0.15) is 0 Å². The zero-order valence-corrected chi connectivity index (χ0v) is 9.16. The molecule has 0 aliphatic rings. The SMILES string of the molecule is CCSc1ccc(CCO)cc1Cl. The summed E-state index contributed by atoms with van der Waals surface area (Å²) >= 11 is 7.78. The molecule has 0 radical (unpaired) electrons. The van der Waals surface area contributed by atoms with Gasteiger partial charge in [-0.05, 0) is 29.9 Å². The van der Waals surface area contributed by atoms with Crippen molar-refractivity contribution in [3.63, 3.8) is 0 Å². The predicted molar refractivity (Wildman–Crippen MR) is 58.6 cm³/mol. The Morgan fingerprint density at radius 3 is 2.77 bits per heavy atom. The van der Waals surface area contributed by atoms with Crippen molar-refractivity contribution in [1.29, 1.82) is 0 Å². The minimum Gasteiger partial charge on any atom is -0.396 e. The van der Waals surface area contributed by atoms with E-state index in [1.807, 2.05) is 18.2 Å². The van der Waals surface area contributed by atoms with E-state index < -0.39 is 0 Å². The minimum atomic E-state index is 0.177. The topological polar surface area (TPSA) is 20.2 Å². The summed E-state index contributed by atoms with van der Waals surface area (Å²) in [7, 11) is 0. The molecule has 0 saturated heterocycles. The number of halogens is 1. The normalized spacial score (nSPS) is 10.4. The Balaban J connectivity index is 2.79. The van der Waals surface area contributed by atoms with E-state index in [-0.39, 0.29) is 6.61 Å². The molecule has 3 heteroatoms. The third-order valence-electron chi connectivity index (χ3n) is 1.70. The van der Waals surface area contributed by atoms with E-state index in [2.05, 4.69) is 6.92 Å². The van der Waals surface area contributed by atoms with E-state index in [0.29, 0.717) is 6.42 Å². The number of aliphatic hydroxyl groups is 1. The molecule has 1 nitrogen and oxygen atoms in total. The molecule has 0 bridgehead atoms. The molecule has 0 heterocycles. The Hall–Kier alpha value is -0.180. The monoisotopic (exact) mass is 216 g/mol. The second kappa shape index (κ2) is 5.53. The summed E-state index contributed by atoms with van der Waals surface area (Å²) in [6, 6.07) is 5.96. The molecular weight excluding hydrogens is 204 g/mol. The summed E-state index contributed by atoms with van der Waals surface area (Å²) < 4.78 is 0. The lowest BCUT2D eigenvalue weighted by atomic mass is 10.2. The Labute approximate surface area is 88.1 Å². The van der Waals surface area contributed by atoms with Crippen LogP contribution in [0.1, 0.15) is 12.5 Å². The largest absolute Gasteiger partial charge is 0.396 e. The highest BCUT2D eigenvalue weighted by molar-refractivity contribution is 7.99. The zero-order valence-electron chi connectivity index (χ0n) is 7.59. The van der Waals surface area contributed by atoms with Crippen molar-refractivity contribution in [3.05, 3.63) is 28.8 Å². The van der Waals surface area contributed by atoms with Gasteiger partial charge in [0.2, 0.25) is 0 Å². The molecule has 0 aromatic heterocycles. The van der Waals surface area contributed by atoms with Gasteiger partial charge >= 0.3 is 0 Å². The molecule has 72 valence electrons. The maximum Gasteiger partial charge on any atom is 0.0544 e. The van der Waals surface area contributed by atoms with Crippen LogP contribution < -0.4 is 0 Å². The maximum atomic E-state index is 8.73. The summed E-state index contributed by atoms with van der Waals surface area (Å²) in [5.74, 6) is 1.03. The van der Waals surface area contributed by atoms with Crippen LogP contribution >= 0.6 is 23.4 Å². The van der Waals surface area contributed by atoms with Crippen LogP contribution in [-0.2, 0) is 6.42 Å². The molecule has 1 N–H and O–H groups in total. The molecule has 0 aliphatic heterocycles. The van der Waals surface area contributed by atoms with Crippen molar-refractivity contribution in [1.82, 2.24) is 0 Å². The minimum absolute atomic E-state index is 0.177. The number of aliphatic hydroxyl groups excluding tert-OH is 1. The first-order chi connectivity index (χ1) is 6.27. The van der Waals surface area contributed by atoms with Crippen molar-refractivity contribution in [2.75, 3.05) is 12.4 Å². The molecule has 0 amide bonds. The van der Waals surface area contributed by atoms with Crippen LogP contribution in [0.5, 0.6) is 0 Å². The van der Waals surface area contributed by atoms with Crippen LogP contribution in [0.25, 0.3) is 0 Å². The lowest BCUT2D eigenvalue weighted by Crippen LogP contribution is -1.90. The molecule has 0 unspecified atom stereocenters. The Morgan fingerprint density at radius 2 is 2.23 bits per heavy atom. The van der Waals surface area contributed by atoms with Crippen LogP contribution in [0.4, 0.5) is 0 Å². The van der Waals surface area contributed by atoms with Crippen molar-refractivity contribution in [2.45, 2.75) is 18.2 Å². The van der Waals surface area contributed by atoms with Crippen LogP contribution in [0.3, 0.4) is 0 Å². The molecule has 1 aromatic carbocycles. The summed E-state index contributed by atoms with van der Waals surface area (Å²) in [5, 5.41) is 9.52. The van der Waals surface area contributed by atoms with Crippen molar-refractivity contribution in [3.8, 4) is 0 Å². The second-order valence-electron chi connectivity index (χ2n) is 2.67. The highest BCUT2D eigenvalue weighted by Gasteiger charge is 2.00. The zero-order chi connectivity index (χ0) is 9.68. The van der Waals surface area contributed by atoms with Gasteiger partial charge in [0, 0.05) is 11.5 Å². The van der Waals surface area contributed by atoms with Crippen molar-refractivity contribution in [2.24, 2.45) is 0 Å². The molecule has 1 aromatic rings. The summed E-state index contributed by atoms with van der Waals surface area (Å²) in [6.45, 7) is 2.28. The van der Waals surface area contributed by atoms with Crippen molar-refractivity contribution < 1.29 is 5.11 Å². The first-order valence-corrected chi connectivity index (χ1v) is 5.66. The number of hydrogen-bond donors (Lipinski definition) is 1. The quantitative estimate of drug-likeness (QED) is 0.781. The first-order valence-electron chi connectivity index (χ1n) is 4.30. The average molecular weight is 217 g/mol. The molecule has 1 rings (SSSR count). The number of hydrogen-bond acceptors (Lipinski definition) is 2. The fourth-order valence-electron chi connectivity index (χ4n) is 1.10. The third kappa shape index (κ3) is 3.22. The van der Waals surface area contributed by atoms with Gasteiger partial charge < -0.3 is 5.11 Å². The molecule has 0 fully saturated rings. The van der Waals surface area contributed by atoms with E-state index >= 15 is 0 Å². The third-order valence-corrected chi connectivity index (χ3v) is 3.08. The first kappa shape index (κ1) is 10.9. The van der Waals surface area contributed by atoms with Gasteiger partial charge in [-0.2, -0.15) is 0 Å². The second-order valence-corrected chi connectivity index (χ2v) is 4.38. The number of thioether (sulfide) groups is 1. The van der Waals surface area contributed by atoms with Crippen LogP contribution in [-0.4, -0.2) is 17.5 Å².